The van der Waals surface area contributed by atoms with Crippen LogP contribution >= 0.6 is 0 Å². The summed E-state index contributed by atoms with van der Waals surface area (Å²) in [7, 11) is 1.98. The summed E-state index contributed by atoms with van der Waals surface area (Å²) in [5.41, 5.74) is 5.39. The lowest BCUT2D eigenvalue weighted by atomic mass is 10.1. The predicted octanol–water partition coefficient (Wildman–Crippen LogP) is 4.46. The van der Waals surface area contributed by atoms with Crippen LogP contribution in [0.15, 0.2) is 24.3 Å². The minimum absolute atomic E-state index is 0.113. The maximum atomic E-state index is 13.3. The fourth-order valence-corrected chi connectivity index (χ4v) is 4.59. The number of nitrogens with zero attached hydrogens (tertiary/aromatic N) is 3. The molecule has 0 spiro atoms. The summed E-state index contributed by atoms with van der Waals surface area (Å²) < 4.78 is 2.03. The number of rotatable bonds is 3. The molecule has 1 fully saturated rings. The Morgan fingerprint density at radius 3 is 2.54 bits per heavy atom. The fraction of sp³-hybridized carbons (Fsp3) is 0.545. The van der Waals surface area contributed by atoms with Crippen LogP contribution in [0.1, 0.15) is 72.3 Å². The van der Waals surface area contributed by atoms with E-state index < -0.39 is 0 Å². The summed E-state index contributed by atoms with van der Waals surface area (Å²) in [4.78, 5) is 15.3. The van der Waals surface area contributed by atoms with Gasteiger partial charge < -0.3 is 4.90 Å². The molecule has 1 saturated carbocycles. The minimum Gasteiger partial charge on any atom is -0.337 e. The first-order valence-corrected chi connectivity index (χ1v) is 10.1. The van der Waals surface area contributed by atoms with E-state index in [2.05, 4.69) is 25.1 Å². The highest BCUT2D eigenvalue weighted by atomic mass is 16.2. The smallest absolute Gasteiger partial charge is 0.274 e. The van der Waals surface area contributed by atoms with Crippen LogP contribution in [0.3, 0.4) is 0 Å². The van der Waals surface area contributed by atoms with Crippen LogP contribution in [0.5, 0.6) is 0 Å². The van der Waals surface area contributed by atoms with E-state index in [1.54, 1.807) is 0 Å². The summed E-state index contributed by atoms with van der Waals surface area (Å²) in [6.07, 6.45) is 10.4. The number of amides is 1. The topological polar surface area (TPSA) is 38.1 Å². The van der Waals surface area contributed by atoms with Crippen molar-refractivity contribution in [3.63, 3.8) is 0 Å². The largest absolute Gasteiger partial charge is 0.337 e. The van der Waals surface area contributed by atoms with E-state index in [0.717, 1.165) is 37.8 Å². The van der Waals surface area contributed by atoms with E-state index in [-0.39, 0.29) is 5.91 Å². The first-order chi connectivity index (χ1) is 12.7. The van der Waals surface area contributed by atoms with Gasteiger partial charge in [0.05, 0.1) is 5.69 Å². The van der Waals surface area contributed by atoms with Crippen LogP contribution in [0.4, 0.5) is 0 Å². The molecule has 4 nitrogen and oxygen atoms in total. The number of hydrogen-bond donors (Lipinski definition) is 0. The zero-order valence-corrected chi connectivity index (χ0v) is 16.0. The van der Waals surface area contributed by atoms with Gasteiger partial charge >= 0.3 is 0 Å². The number of para-hydroxylation sites is 1. The first kappa shape index (κ1) is 17.3. The van der Waals surface area contributed by atoms with Crippen molar-refractivity contribution in [2.45, 2.75) is 70.8 Å². The molecule has 26 heavy (non-hydrogen) atoms. The molecule has 0 bridgehead atoms. The van der Waals surface area contributed by atoms with Gasteiger partial charge in [-0.3, -0.25) is 4.79 Å². The molecule has 1 aromatic carbocycles. The van der Waals surface area contributed by atoms with Gasteiger partial charge in [-0.05, 0) is 50.7 Å². The van der Waals surface area contributed by atoms with Crippen molar-refractivity contribution in [3.8, 4) is 5.69 Å². The highest BCUT2D eigenvalue weighted by Gasteiger charge is 2.31. The highest BCUT2D eigenvalue weighted by Crippen LogP contribution is 2.30. The third-order valence-corrected chi connectivity index (χ3v) is 6.17. The lowest BCUT2D eigenvalue weighted by Crippen LogP contribution is -2.37. The van der Waals surface area contributed by atoms with Crippen molar-refractivity contribution in [2.24, 2.45) is 0 Å². The van der Waals surface area contributed by atoms with Gasteiger partial charge in [0.1, 0.15) is 0 Å². The van der Waals surface area contributed by atoms with Crippen LogP contribution in [0.2, 0.25) is 0 Å². The molecule has 1 heterocycles. The molecule has 4 heteroatoms. The van der Waals surface area contributed by atoms with Gasteiger partial charge in [-0.1, -0.05) is 43.9 Å². The maximum absolute atomic E-state index is 13.3. The number of fused-ring (bicyclic) bond motifs is 1. The SMILES string of the molecule is Cc1ccccc1-n1nc(C(=O)N(C)C2CCCCCC2)c2c1CCC2. The molecule has 2 aliphatic rings. The van der Waals surface area contributed by atoms with Crippen molar-refractivity contribution < 1.29 is 4.79 Å². The third-order valence-electron chi connectivity index (χ3n) is 6.17. The van der Waals surface area contributed by atoms with Crippen molar-refractivity contribution in [1.82, 2.24) is 14.7 Å². The van der Waals surface area contributed by atoms with Gasteiger partial charge in [-0.2, -0.15) is 5.10 Å². The Hall–Kier alpha value is -2.10. The zero-order valence-electron chi connectivity index (χ0n) is 16.0. The summed E-state index contributed by atoms with van der Waals surface area (Å²) in [5, 5.41) is 4.83. The van der Waals surface area contributed by atoms with Crippen molar-refractivity contribution >= 4 is 5.91 Å². The average molecular weight is 351 g/mol. The second-order valence-electron chi connectivity index (χ2n) is 7.89. The Morgan fingerprint density at radius 2 is 1.81 bits per heavy atom. The molecule has 4 rings (SSSR count). The summed E-state index contributed by atoms with van der Waals surface area (Å²) in [6, 6.07) is 8.67. The lowest BCUT2D eigenvalue weighted by Gasteiger charge is -2.26. The number of hydrogen-bond acceptors (Lipinski definition) is 2. The standard InChI is InChI=1S/C22H29N3O/c1-16-10-7-8-14-19(16)25-20-15-9-13-18(20)21(23-25)22(26)24(2)17-11-5-3-4-6-12-17/h7-8,10,14,17H,3-6,9,11-13,15H2,1-2H3. The van der Waals surface area contributed by atoms with Crippen LogP contribution in [-0.4, -0.2) is 33.7 Å². The minimum atomic E-state index is 0.113. The van der Waals surface area contributed by atoms with Gasteiger partial charge in [0, 0.05) is 24.3 Å². The summed E-state index contributed by atoms with van der Waals surface area (Å²) >= 11 is 0. The third kappa shape index (κ3) is 3.06. The molecule has 138 valence electrons. The average Bonchev–Trinajstić information content (AvgIpc) is 3.14. The Kier molecular flexibility index (Phi) is 4.84. The fourth-order valence-electron chi connectivity index (χ4n) is 4.59. The number of aromatic nitrogens is 2. The van der Waals surface area contributed by atoms with Gasteiger partial charge in [-0.15, -0.1) is 0 Å². The second-order valence-corrected chi connectivity index (χ2v) is 7.89. The van der Waals surface area contributed by atoms with Crippen LogP contribution in [-0.2, 0) is 12.8 Å². The molecule has 1 amide bonds. The van der Waals surface area contributed by atoms with Crippen molar-refractivity contribution in [2.75, 3.05) is 7.05 Å². The molecule has 0 unspecified atom stereocenters. The van der Waals surface area contributed by atoms with E-state index in [9.17, 15) is 4.79 Å². The molecule has 0 N–H and O–H groups in total. The first-order valence-electron chi connectivity index (χ1n) is 10.1. The molecule has 2 aromatic rings. The molecule has 1 aromatic heterocycles. The molecule has 0 atom stereocenters. The van der Waals surface area contributed by atoms with E-state index in [1.807, 2.05) is 22.7 Å². The Balaban J connectivity index is 1.68. The quantitative estimate of drug-likeness (QED) is 0.766. The van der Waals surface area contributed by atoms with E-state index >= 15 is 0 Å². The summed E-state index contributed by atoms with van der Waals surface area (Å²) in [5.74, 6) is 0.113. The van der Waals surface area contributed by atoms with Crippen LogP contribution in [0, 0.1) is 6.92 Å². The van der Waals surface area contributed by atoms with Gasteiger partial charge in [0.25, 0.3) is 5.91 Å². The van der Waals surface area contributed by atoms with E-state index in [4.69, 9.17) is 5.10 Å². The molecule has 0 saturated heterocycles. The number of aryl methyl sites for hydroxylation is 1. The Morgan fingerprint density at radius 1 is 1.08 bits per heavy atom. The molecule has 0 aliphatic heterocycles. The molecule has 0 radical (unpaired) electrons. The lowest BCUT2D eigenvalue weighted by molar-refractivity contribution is 0.0710. The van der Waals surface area contributed by atoms with Crippen molar-refractivity contribution in [1.29, 1.82) is 0 Å². The van der Waals surface area contributed by atoms with Crippen LogP contribution in [0.25, 0.3) is 5.69 Å². The van der Waals surface area contributed by atoms with E-state index in [1.165, 1.54) is 42.5 Å². The number of carbonyl (C=O) groups is 1. The normalized spacial score (nSPS) is 17.8. The van der Waals surface area contributed by atoms with Gasteiger partial charge in [0.2, 0.25) is 0 Å². The molecular weight excluding hydrogens is 322 g/mol. The second kappa shape index (κ2) is 7.26. The maximum Gasteiger partial charge on any atom is 0.274 e. The van der Waals surface area contributed by atoms with E-state index in [0.29, 0.717) is 11.7 Å². The molecule has 2 aliphatic carbocycles. The summed E-state index contributed by atoms with van der Waals surface area (Å²) in [6.45, 7) is 2.11. The Labute approximate surface area is 156 Å². The van der Waals surface area contributed by atoms with Gasteiger partial charge in [-0.25, -0.2) is 4.68 Å². The number of benzene rings is 1. The predicted molar refractivity (Wildman–Crippen MR) is 104 cm³/mol. The monoisotopic (exact) mass is 351 g/mol. The molecular formula is C22H29N3O. The Bertz CT molecular complexity index is 800. The van der Waals surface area contributed by atoms with Gasteiger partial charge in [0.15, 0.2) is 5.69 Å². The van der Waals surface area contributed by atoms with Crippen molar-refractivity contribution in [3.05, 3.63) is 46.8 Å². The highest BCUT2D eigenvalue weighted by molar-refractivity contribution is 5.94. The zero-order chi connectivity index (χ0) is 18.1. The van der Waals surface area contributed by atoms with Crippen LogP contribution < -0.4 is 0 Å². The number of carbonyl (C=O) groups excluding carboxylic acids is 1.